The van der Waals surface area contributed by atoms with Crippen molar-refractivity contribution in [3.63, 3.8) is 0 Å². The molecular formula is C13H20ClNS. The molecule has 1 nitrogen and oxygen atoms in total. The van der Waals surface area contributed by atoms with Crippen molar-refractivity contribution in [1.29, 1.82) is 0 Å². The van der Waals surface area contributed by atoms with Gasteiger partial charge in [0.15, 0.2) is 0 Å². The fraction of sp³-hybridized carbons (Fsp3) is 0.538. The van der Waals surface area contributed by atoms with Gasteiger partial charge in [-0.2, -0.15) is 11.8 Å². The molecule has 0 saturated heterocycles. The van der Waals surface area contributed by atoms with Gasteiger partial charge in [-0.15, -0.1) is 0 Å². The van der Waals surface area contributed by atoms with Crippen LogP contribution in [0.3, 0.4) is 0 Å². The highest BCUT2D eigenvalue weighted by molar-refractivity contribution is 7.99. The molecule has 0 aliphatic carbocycles. The van der Waals surface area contributed by atoms with Crippen LogP contribution in [-0.2, 0) is 6.54 Å². The lowest BCUT2D eigenvalue weighted by Gasteiger charge is -2.10. The molecule has 0 aliphatic heterocycles. The van der Waals surface area contributed by atoms with Gasteiger partial charge in [0, 0.05) is 16.8 Å². The van der Waals surface area contributed by atoms with Crippen LogP contribution in [0.5, 0.6) is 0 Å². The fourth-order valence-electron chi connectivity index (χ4n) is 1.50. The molecule has 0 spiro atoms. The zero-order chi connectivity index (χ0) is 12.0. The van der Waals surface area contributed by atoms with E-state index in [0.717, 1.165) is 23.4 Å². The van der Waals surface area contributed by atoms with E-state index in [0.29, 0.717) is 0 Å². The molecule has 0 aliphatic rings. The monoisotopic (exact) mass is 257 g/mol. The van der Waals surface area contributed by atoms with E-state index in [1.807, 2.05) is 23.9 Å². The van der Waals surface area contributed by atoms with Gasteiger partial charge in [-0.3, -0.25) is 0 Å². The minimum Gasteiger partial charge on any atom is -0.313 e. The largest absolute Gasteiger partial charge is 0.313 e. The number of rotatable bonds is 6. The standard InChI is InChI=1S/C13H20ClNS/c1-10-8-13(14)5-4-12(10)9-15-7-6-11(2)16-3/h4-5,8,11,15H,6-7,9H2,1-3H3. The molecule has 1 aromatic carbocycles. The molecule has 16 heavy (non-hydrogen) atoms. The topological polar surface area (TPSA) is 12.0 Å². The highest BCUT2D eigenvalue weighted by Gasteiger charge is 2.00. The smallest absolute Gasteiger partial charge is 0.0408 e. The Morgan fingerprint density at radius 3 is 2.81 bits per heavy atom. The second-order valence-electron chi connectivity index (χ2n) is 4.08. The minimum atomic E-state index is 0.735. The van der Waals surface area contributed by atoms with Gasteiger partial charge in [-0.05, 0) is 49.4 Å². The Morgan fingerprint density at radius 2 is 2.19 bits per heavy atom. The van der Waals surface area contributed by atoms with Crippen molar-refractivity contribution in [3.05, 3.63) is 34.3 Å². The third-order valence-electron chi connectivity index (χ3n) is 2.75. The van der Waals surface area contributed by atoms with Crippen LogP contribution in [0.15, 0.2) is 18.2 Å². The van der Waals surface area contributed by atoms with Crippen molar-refractivity contribution in [2.24, 2.45) is 0 Å². The number of thioether (sulfide) groups is 1. The molecule has 3 heteroatoms. The molecule has 0 radical (unpaired) electrons. The average molecular weight is 258 g/mol. The molecule has 1 rings (SSSR count). The SMILES string of the molecule is CSC(C)CCNCc1ccc(Cl)cc1C. The molecule has 0 heterocycles. The van der Waals surface area contributed by atoms with Crippen molar-refractivity contribution < 1.29 is 0 Å². The predicted molar refractivity (Wildman–Crippen MR) is 75.5 cm³/mol. The highest BCUT2D eigenvalue weighted by atomic mass is 35.5. The van der Waals surface area contributed by atoms with Crippen molar-refractivity contribution in [2.45, 2.75) is 32.1 Å². The lowest BCUT2D eigenvalue weighted by Crippen LogP contribution is -2.18. The van der Waals surface area contributed by atoms with E-state index in [2.05, 4.69) is 31.5 Å². The molecule has 0 saturated carbocycles. The first-order valence-corrected chi connectivity index (χ1v) is 7.28. The summed E-state index contributed by atoms with van der Waals surface area (Å²) in [6.07, 6.45) is 3.38. The van der Waals surface area contributed by atoms with Crippen molar-refractivity contribution in [3.8, 4) is 0 Å². The third-order valence-corrected chi connectivity index (χ3v) is 4.03. The van der Waals surface area contributed by atoms with E-state index in [4.69, 9.17) is 11.6 Å². The lowest BCUT2D eigenvalue weighted by atomic mass is 10.1. The molecule has 0 fully saturated rings. The fourth-order valence-corrected chi connectivity index (χ4v) is 2.08. The Balaban J connectivity index is 2.32. The Bertz CT molecular complexity index is 328. The average Bonchev–Trinajstić information content (AvgIpc) is 2.26. The molecule has 1 N–H and O–H groups in total. The molecule has 0 aromatic heterocycles. The summed E-state index contributed by atoms with van der Waals surface area (Å²) in [4.78, 5) is 0. The Labute approximate surface area is 108 Å². The van der Waals surface area contributed by atoms with E-state index >= 15 is 0 Å². The van der Waals surface area contributed by atoms with E-state index in [1.165, 1.54) is 17.5 Å². The summed E-state index contributed by atoms with van der Waals surface area (Å²) < 4.78 is 0. The van der Waals surface area contributed by atoms with Crippen molar-refractivity contribution in [1.82, 2.24) is 5.32 Å². The van der Waals surface area contributed by atoms with Crippen LogP contribution in [0.1, 0.15) is 24.5 Å². The van der Waals surface area contributed by atoms with Gasteiger partial charge >= 0.3 is 0 Å². The number of hydrogen-bond donors (Lipinski definition) is 1. The number of benzene rings is 1. The van der Waals surface area contributed by atoms with E-state index < -0.39 is 0 Å². The predicted octanol–water partition coefficient (Wildman–Crippen LogP) is 3.88. The minimum absolute atomic E-state index is 0.735. The molecular weight excluding hydrogens is 238 g/mol. The van der Waals surface area contributed by atoms with Gasteiger partial charge in [0.2, 0.25) is 0 Å². The Hall–Kier alpha value is -0.180. The summed E-state index contributed by atoms with van der Waals surface area (Å²) in [6.45, 7) is 6.38. The number of nitrogens with one attached hydrogen (secondary N) is 1. The molecule has 0 bridgehead atoms. The second-order valence-corrected chi connectivity index (χ2v) is 5.80. The zero-order valence-corrected chi connectivity index (χ0v) is 11.8. The summed E-state index contributed by atoms with van der Waals surface area (Å²) in [5.41, 5.74) is 2.60. The molecule has 90 valence electrons. The van der Waals surface area contributed by atoms with Gasteiger partial charge in [0.1, 0.15) is 0 Å². The zero-order valence-electron chi connectivity index (χ0n) is 10.2. The third kappa shape index (κ3) is 4.77. The van der Waals surface area contributed by atoms with Crippen LogP contribution in [0, 0.1) is 6.92 Å². The van der Waals surface area contributed by atoms with Gasteiger partial charge in [0.25, 0.3) is 0 Å². The Kier molecular flexibility index (Phi) is 6.25. The first-order chi connectivity index (χ1) is 7.63. The first-order valence-electron chi connectivity index (χ1n) is 5.62. The highest BCUT2D eigenvalue weighted by Crippen LogP contribution is 2.15. The van der Waals surface area contributed by atoms with E-state index in [-0.39, 0.29) is 0 Å². The van der Waals surface area contributed by atoms with Crippen molar-refractivity contribution >= 4 is 23.4 Å². The Morgan fingerprint density at radius 1 is 1.44 bits per heavy atom. The van der Waals surface area contributed by atoms with Crippen LogP contribution in [0.2, 0.25) is 5.02 Å². The second kappa shape index (κ2) is 7.21. The van der Waals surface area contributed by atoms with E-state index in [1.54, 1.807) is 0 Å². The van der Waals surface area contributed by atoms with Gasteiger partial charge < -0.3 is 5.32 Å². The maximum absolute atomic E-state index is 5.92. The maximum atomic E-state index is 5.92. The summed E-state index contributed by atoms with van der Waals surface area (Å²) in [5.74, 6) is 0. The summed E-state index contributed by atoms with van der Waals surface area (Å²) in [5, 5.41) is 5.02. The van der Waals surface area contributed by atoms with Crippen LogP contribution in [0.4, 0.5) is 0 Å². The lowest BCUT2D eigenvalue weighted by molar-refractivity contribution is 0.646. The van der Waals surface area contributed by atoms with E-state index in [9.17, 15) is 0 Å². The molecule has 0 amide bonds. The maximum Gasteiger partial charge on any atom is 0.0408 e. The summed E-state index contributed by atoms with van der Waals surface area (Å²) >= 11 is 7.83. The molecule has 1 aromatic rings. The summed E-state index contributed by atoms with van der Waals surface area (Å²) in [6, 6.07) is 6.07. The van der Waals surface area contributed by atoms with Crippen LogP contribution in [-0.4, -0.2) is 18.1 Å². The number of aryl methyl sites for hydroxylation is 1. The number of hydrogen-bond acceptors (Lipinski definition) is 2. The number of halogens is 1. The van der Waals surface area contributed by atoms with Gasteiger partial charge in [-0.1, -0.05) is 24.6 Å². The van der Waals surface area contributed by atoms with Crippen LogP contribution in [0.25, 0.3) is 0 Å². The normalized spacial score (nSPS) is 12.8. The van der Waals surface area contributed by atoms with Gasteiger partial charge in [-0.25, -0.2) is 0 Å². The van der Waals surface area contributed by atoms with Crippen LogP contribution >= 0.6 is 23.4 Å². The van der Waals surface area contributed by atoms with Gasteiger partial charge in [0.05, 0.1) is 0 Å². The molecule has 1 unspecified atom stereocenters. The quantitative estimate of drug-likeness (QED) is 0.777. The van der Waals surface area contributed by atoms with Crippen molar-refractivity contribution in [2.75, 3.05) is 12.8 Å². The molecule has 1 atom stereocenters. The summed E-state index contributed by atoms with van der Waals surface area (Å²) in [7, 11) is 0. The van der Waals surface area contributed by atoms with Crippen LogP contribution < -0.4 is 5.32 Å². The first kappa shape index (κ1) is 13.9.